The third kappa shape index (κ3) is 4.16. The number of benzene rings is 1. The lowest BCUT2D eigenvalue weighted by Crippen LogP contribution is -2.37. The molecule has 0 amide bonds. The zero-order valence-corrected chi connectivity index (χ0v) is 20.1. The number of hydrogen-bond acceptors (Lipinski definition) is 7. The maximum Gasteiger partial charge on any atom is 0.340 e. The van der Waals surface area contributed by atoms with E-state index in [-0.39, 0.29) is 16.4 Å². The van der Waals surface area contributed by atoms with Crippen molar-refractivity contribution in [1.29, 1.82) is 0 Å². The Hall–Kier alpha value is -2.98. The van der Waals surface area contributed by atoms with Crippen LogP contribution >= 0.6 is 0 Å². The summed E-state index contributed by atoms with van der Waals surface area (Å²) >= 11 is 0. The summed E-state index contributed by atoms with van der Waals surface area (Å²) < 4.78 is 35.0. The summed E-state index contributed by atoms with van der Waals surface area (Å²) in [7, 11) is -2.34. The number of ether oxygens (including phenoxy) is 1. The lowest BCUT2D eigenvalue weighted by Gasteiger charge is -2.35. The molecule has 0 N–H and O–H groups in total. The SMILES string of the molecule is COC(=O)c1cc(S(=O)(=O)N2CCCCC2)ccc1N1CCCC(c2nnc3ccccn23)C1. The second kappa shape index (κ2) is 9.34. The Labute approximate surface area is 199 Å². The smallest absolute Gasteiger partial charge is 0.340 e. The molecule has 2 aliphatic rings. The van der Waals surface area contributed by atoms with Gasteiger partial charge in [-0.15, -0.1) is 10.2 Å². The topological polar surface area (TPSA) is 97.1 Å². The van der Waals surface area contributed by atoms with Crippen LogP contribution in [-0.2, 0) is 14.8 Å². The van der Waals surface area contributed by atoms with Gasteiger partial charge in [-0.05, 0) is 56.0 Å². The van der Waals surface area contributed by atoms with E-state index < -0.39 is 16.0 Å². The number of methoxy groups -OCH3 is 1. The summed E-state index contributed by atoms with van der Waals surface area (Å²) in [6.45, 7) is 2.43. The summed E-state index contributed by atoms with van der Waals surface area (Å²) in [5.41, 5.74) is 1.76. The van der Waals surface area contributed by atoms with Crippen molar-refractivity contribution < 1.29 is 17.9 Å². The molecule has 1 unspecified atom stereocenters. The molecule has 34 heavy (non-hydrogen) atoms. The van der Waals surface area contributed by atoms with E-state index in [2.05, 4.69) is 15.1 Å². The molecule has 2 aliphatic heterocycles. The number of pyridine rings is 1. The standard InChI is InChI=1S/C24H29N5O4S/c1-33-24(30)20-16-19(34(31,32)28-13-4-2-5-14-28)10-11-21(20)27-12-7-8-18(17-27)23-26-25-22-9-3-6-15-29(22)23/h3,6,9-11,15-16,18H,2,4-5,7-8,12-14,17H2,1H3. The van der Waals surface area contributed by atoms with E-state index >= 15 is 0 Å². The maximum atomic E-state index is 13.2. The Morgan fingerprint density at radius 1 is 1.03 bits per heavy atom. The van der Waals surface area contributed by atoms with Crippen molar-refractivity contribution in [1.82, 2.24) is 18.9 Å². The van der Waals surface area contributed by atoms with Crippen LogP contribution < -0.4 is 4.90 Å². The number of nitrogens with zero attached hydrogens (tertiary/aromatic N) is 5. The van der Waals surface area contributed by atoms with Crippen LogP contribution in [0.25, 0.3) is 5.65 Å². The number of sulfonamides is 1. The van der Waals surface area contributed by atoms with Crippen molar-refractivity contribution in [2.75, 3.05) is 38.2 Å². The molecule has 0 aliphatic carbocycles. The number of carbonyl (C=O) groups excluding carboxylic acids is 1. The zero-order chi connectivity index (χ0) is 23.7. The van der Waals surface area contributed by atoms with Gasteiger partial charge in [-0.1, -0.05) is 12.5 Å². The second-order valence-corrected chi connectivity index (χ2v) is 10.8. The second-order valence-electron chi connectivity index (χ2n) is 8.91. The van der Waals surface area contributed by atoms with Gasteiger partial charge in [-0.3, -0.25) is 4.40 Å². The number of rotatable bonds is 5. The number of aromatic nitrogens is 3. The molecule has 1 atom stereocenters. The van der Waals surface area contributed by atoms with Gasteiger partial charge in [0.05, 0.1) is 23.3 Å². The van der Waals surface area contributed by atoms with Crippen LogP contribution in [-0.4, -0.2) is 66.6 Å². The fourth-order valence-corrected chi connectivity index (χ4v) is 6.57. The molecule has 4 heterocycles. The number of piperidine rings is 2. The first-order valence-electron chi connectivity index (χ1n) is 11.8. The minimum absolute atomic E-state index is 0.133. The highest BCUT2D eigenvalue weighted by Gasteiger charge is 2.31. The van der Waals surface area contributed by atoms with Gasteiger partial charge in [0.2, 0.25) is 10.0 Å². The monoisotopic (exact) mass is 483 g/mol. The van der Waals surface area contributed by atoms with E-state index in [0.717, 1.165) is 50.1 Å². The Bertz CT molecular complexity index is 1300. The molecule has 2 aromatic heterocycles. The van der Waals surface area contributed by atoms with Crippen LogP contribution in [0.2, 0.25) is 0 Å². The number of anilines is 1. The van der Waals surface area contributed by atoms with Crippen LogP contribution in [0.5, 0.6) is 0 Å². The lowest BCUT2D eigenvalue weighted by atomic mass is 9.96. The first-order valence-corrected chi connectivity index (χ1v) is 13.2. The van der Waals surface area contributed by atoms with Crippen molar-refractivity contribution >= 4 is 27.3 Å². The highest BCUT2D eigenvalue weighted by Crippen LogP contribution is 2.33. The Morgan fingerprint density at radius 2 is 1.85 bits per heavy atom. The lowest BCUT2D eigenvalue weighted by molar-refractivity contribution is 0.0601. The van der Waals surface area contributed by atoms with E-state index in [1.807, 2.05) is 28.8 Å². The average Bonchev–Trinajstić information content (AvgIpc) is 3.33. The van der Waals surface area contributed by atoms with E-state index in [1.165, 1.54) is 17.5 Å². The average molecular weight is 484 g/mol. The molecule has 9 nitrogen and oxygen atoms in total. The molecule has 0 saturated carbocycles. The van der Waals surface area contributed by atoms with Gasteiger partial charge < -0.3 is 9.64 Å². The molecule has 3 aromatic rings. The molecule has 0 bridgehead atoms. The zero-order valence-electron chi connectivity index (χ0n) is 19.3. The largest absolute Gasteiger partial charge is 0.465 e. The molecule has 2 fully saturated rings. The Kier molecular flexibility index (Phi) is 6.26. The number of carbonyl (C=O) groups is 1. The Balaban J connectivity index is 1.47. The van der Waals surface area contributed by atoms with Crippen molar-refractivity contribution in [3.05, 3.63) is 54.0 Å². The van der Waals surface area contributed by atoms with Crippen LogP contribution in [0.3, 0.4) is 0 Å². The van der Waals surface area contributed by atoms with Crippen LogP contribution in [0.4, 0.5) is 5.69 Å². The molecule has 0 radical (unpaired) electrons. The van der Waals surface area contributed by atoms with Crippen molar-refractivity contribution in [2.45, 2.75) is 42.9 Å². The molecule has 0 spiro atoms. The predicted octanol–water partition coefficient (Wildman–Crippen LogP) is 3.07. The highest BCUT2D eigenvalue weighted by molar-refractivity contribution is 7.89. The number of hydrogen-bond donors (Lipinski definition) is 0. The minimum Gasteiger partial charge on any atom is -0.465 e. The van der Waals surface area contributed by atoms with E-state index in [1.54, 1.807) is 12.1 Å². The van der Waals surface area contributed by atoms with Gasteiger partial charge in [0.1, 0.15) is 5.82 Å². The van der Waals surface area contributed by atoms with Crippen LogP contribution in [0.1, 0.15) is 54.2 Å². The van der Waals surface area contributed by atoms with Gasteiger partial charge in [-0.25, -0.2) is 13.2 Å². The highest BCUT2D eigenvalue weighted by atomic mass is 32.2. The van der Waals surface area contributed by atoms with Crippen molar-refractivity contribution in [3.63, 3.8) is 0 Å². The van der Waals surface area contributed by atoms with Gasteiger partial charge in [-0.2, -0.15) is 4.31 Å². The predicted molar refractivity (Wildman–Crippen MR) is 128 cm³/mol. The van der Waals surface area contributed by atoms with Crippen molar-refractivity contribution in [2.24, 2.45) is 0 Å². The van der Waals surface area contributed by atoms with E-state index in [0.29, 0.717) is 25.3 Å². The fourth-order valence-electron chi connectivity index (χ4n) is 5.02. The van der Waals surface area contributed by atoms with E-state index in [9.17, 15) is 13.2 Å². The molecule has 5 rings (SSSR count). The summed E-state index contributed by atoms with van der Waals surface area (Å²) in [6.07, 6.45) is 6.59. The number of esters is 1. The first kappa shape index (κ1) is 22.8. The van der Waals surface area contributed by atoms with Crippen LogP contribution in [0.15, 0.2) is 47.5 Å². The molecule has 2 saturated heterocycles. The third-order valence-corrected chi connectivity index (χ3v) is 8.69. The minimum atomic E-state index is -3.66. The quantitative estimate of drug-likeness (QED) is 0.515. The maximum absolute atomic E-state index is 13.2. The molecule has 1 aromatic carbocycles. The summed E-state index contributed by atoms with van der Waals surface area (Å²) in [6, 6.07) is 10.6. The normalized spacial score (nSPS) is 19.9. The first-order chi connectivity index (χ1) is 16.5. The van der Waals surface area contributed by atoms with Crippen LogP contribution in [0, 0.1) is 0 Å². The van der Waals surface area contributed by atoms with Gasteiger partial charge in [0, 0.05) is 38.3 Å². The van der Waals surface area contributed by atoms with Crippen molar-refractivity contribution in [3.8, 4) is 0 Å². The van der Waals surface area contributed by atoms with Gasteiger partial charge in [0.15, 0.2) is 5.65 Å². The Morgan fingerprint density at radius 3 is 2.65 bits per heavy atom. The number of fused-ring (bicyclic) bond motifs is 1. The van der Waals surface area contributed by atoms with Gasteiger partial charge >= 0.3 is 5.97 Å². The molecule has 180 valence electrons. The third-order valence-electron chi connectivity index (χ3n) is 6.79. The van der Waals surface area contributed by atoms with Gasteiger partial charge in [0.25, 0.3) is 0 Å². The fraction of sp³-hybridized carbons (Fsp3) is 0.458. The molecular weight excluding hydrogens is 454 g/mol. The summed E-state index contributed by atoms with van der Waals surface area (Å²) in [4.78, 5) is 15.0. The summed E-state index contributed by atoms with van der Waals surface area (Å²) in [5, 5.41) is 8.71. The molecule has 10 heteroatoms. The summed E-state index contributed by atoms with van der Waals surface area (Å²) in [5.74, 6) is 0.485. The van der Waals surface area contributed by atoms with E-state index in [4.69, 9.17) is 4.74 Å². The molecular formula is C24H29N5O4S.